The average Bonchev–Trinajstić information content (AvgIpc) is 3.38. The van der Waals surface area contributed by atoms with Gasteiger partial charge in [-0.2, -0.15) is 5.10 Å². The van der Waals surface area contributed by atoms with Gasteiger partial charge in [0.2, 0.25) is 5.91 Å². The Labute approximate surface area is 166 Å². The third-order valence-electron chi connectivity index (χ3n) is 4.44. The van der Waals surface area contributed by atoms with Crippen molar-refractivity contribution >= 4 is 17.7 Å². The van der Waals surface area contributed by atoms with Crippen LogP contribution in [0.1, 0.15) is 5.56 Å². The number of rotatable bonds is 5. The standard InChI is InChI=1S/C22H18FN5O/c1-27-22(16-2-5-18(23)6-3-16)17(14-25-27)4-11-21(29)26-19-7-9-20(10-8-19)28-13-12-24-15-28/h2-15H,1H3,(H,26,29). The van der Waals surface area contributed by atoms with Crippen LogP contribution in [-0.4, -0.2) is 25.2 Å². The Morgan fingerprint density at radius 1 is 1.10 bits per heavy atom. The minimum Gasteiger partial charge on any atom is -0.323 e. The third-order valence-corrected chi connectivity index (χ3v) is 4.44. The molecule has 0 radical (unpaired) electrons. The summed E-state index contributed by atoms with van der Waals surface area (Å²) in [6, 6.07) is 13.6. The summed E-state index contributed by atoms with van der Waals surface area (Å²) in [4.78, 5) is 16.3. The zero-order valence-electron chi connectivity index (χ0n) is 15.7. The molecule has 1 N–H and O–H groups in total. The Kier molecular flexibility index (Phi) is 5.03. The van der Waals surface area contributed by atoms with Crippen molar-refractivity contribution in [2.75, 3.05) is 5.32 Å². The van der Waals surface area contributed by atoms with Gasteiger partial charge in [-0.25, -0.2) is 9.37 Å². The van der Waals surface area contributed by atoms with Gasteiger partial charge in [0.25, 0.3) is 0 Å². The number of aryl methyl sites for hydroxylation is 1. The van der Waals surface area contributed by atoms with Crippen molar-refractivity contribution in [3.8, 4) is 16.9 Å². The maximum Gasteiger partial charge on any atom is 0.248 e. The summed E-state index contributed by atoms with van der Waals surface area (Å²) in [5, 5.41) is 7.07. The summed E-state index contributed by atoms with van der Waals surface area (Å²) < 4.78 is 16.8. The number of aromatic nitrogens is 4. The second-order valence-electron chi connectivity index (χ2n) is 6.42. The molecule has 1 amide bonds. The van der Waals surface area contributed by atoms with Crippen molar-refractivity contribution in [1.82, 2.24) is 19.3 Å². The van der Waals surface area contributed by atoms with Crippen LogP contribution in [0.5, 0.6) is 0 Å². The van der Waals surface area contributed by atoms with Crippen molar-refractivity contribution in [2.45, 2.75) is 0 Å². The van der Waals surface area contributed by atoms with Gasteiger partial charge in [-0.05, 0) is 54.6 Å². The van der Waals surface area contributed by atoms with Crippen LogP contribution in [0.25, 0.3) is 23.0 Å². The number of hydrogen-bond acceptors (Lipinski definition) is 3. The molecular weight excluding hydrogens is 369 g/mol. The summed E-state index contributed by atoms with van der Waals surface area (Å²) in [5.41, 5.74) is 4.04. The quantitative estimate of drug-likeness (QED) is 0.525. The van der Waals surface area contributed by atoms with E-state index in [1.165, 1.54) is 18.2 Å². The molecule has 0 spiro atoms. The monoisotopic (exact) mass is 387 g/mol. The zero-order valence-corrected chi connectivity index (χ0v) is 15.7. The summed E-state index contributed by atoms with van der Waals surface area (Å²) in [5.74, 6) is -0.555. The lowest BCUT2D eigenvalue weighted by molar-refractivity contribution is -0.111. The van der Waals surface area contributed by atoms with E-state index >= 15 is 0 Å². The largest absolute Gasteiger partial charge is 0.323 e. The molecule has 6 nitrogen and oxygen atoms in total. The van der Waals surface area contributed by atoms with Gasteiger partial charge in [-0.1, -0.05) is 0 Å². The van der Waals surface area contributed by atoms with Crippen molar-refractivity contribution in [1.29, 1.82) is 0 Å². The average molecular weight is 387 g/mol. The SMILES string of the molecule is Cn1ncc(C=CC(=O)Nc2ccc(-n3ccnc3)cc2)c1-c1ccc(F)cc1. The fourth-order valence-electron chi connectivity index (χ4n) is 3.02. The smallest absolute Gasteiger partial charge is 0.248 e. The maximum absolute atomic E-state index is 13.2. The number of amides is 1. The van der Waals surface area contributed by atoms with E-state index in [1.54, 1.807) is 48.7 Å². The number of carbonyl (C=O) groups excluding carboxylic acids is 1. The number of imidazole rings is 1. The predicted molar refractivity (Wildman–Crippen MR) is 110 cm³/mol. The van der Waals surface area contributed by atoms with Crippen LogP contribution in [0, 0.1) is 5.82 Å². The molecule has 0 fully saturated rings. The summed E-state index contributed by atoms with van der Waals surface area (Å²) in [6.45, 7) is 0. The van der Waals surface area contributed by atoms with Crippen LogP contribution < -0.4 is 5.32 Å². The van der Waals surface area contributed by atoms with Gasteiger partial charge in [0, 0.05) is 48.0 Å². The number of hydrogen-bond donors (Lipinski definition) is 1. The minimum atomic E-state index is -0.300. The minimum absolute atomic E-state index is 0.255. The predicted octanol–water partition coefficient (Wildman–Crippen LogP) is 4.06. The zero-order chi connectivity index (χ0) is 20.2. The number of nitrogens with zero attached hydrogens (tertiary/aromatic N) is 4. The molecule has 2 aromatic heterocycles. The first kappa shape index (κ1) is 18.4. The molecule has 0 saturated heterocycles. The van der Waals surface area contributed by atoms with E-state index in [9.17, 15) is 9.18 Å². The summed E-state index contributed by atoms with van der Waals surface area (Å²) in [6.07, 6.45) is 10.1. The maximum atomic E-state index is 13.2. The number of nitrogens with one attached hydrogen (secondary N) is 1. The number of halogens is 1. The van der Waals surface area contributed by atoms with Crippen LogP contribution in [0.2, 0.25) is 0 Å². The van der Waals surface area contributed by atoms with E-state index in [-0.39, 0.29) is 11.7 Å². The lowest BCUT2D eigenvalue weighted by Gasteiger charge is -2.06. The highest BCUT2D eigenvalue weighted by atomic mass is 19.1. The normalized spacial score (nSPS) is 11.1. The fraction of sp³-hybridized carbons (Fsp3) is 0.0455. The van der Waals surface area contributed by atoms with E-state index in [4.69, 9.17) is 0 Å². The number of anilines is 1. The molecule has 0 bridgehead atoms. The molecule has 144 valence electrons. The van der Waals surface area contributed by atoms with Crippen LogP contribution in [0.3, 0.4) is 0 Å². The summed E-state index contributed by atoms with van der Waals surface area (Å²) in [7, 11) is 1.80. The second-order valence-corrected chi connectivity index (χ2v) is 6.42. The molecule has 2 heterocycles. The Hall–Kier alpha value is -4.00. The molecule has 0 saturated carbocycles. The molecule has 7 heteroatoms. The first-order valence-corrected chi connectivity index (χ1v) is 8.95. The highest BCUT2D eigenvalue weighted by Gasteiger charge is 2.09. The molecule has 0 atom stereocenters. The lowest BCUT2D eigenvalue weighted by atomic mass is 10.1. The van der Waals surface area contributed by atoms with E-state index < -0.39 is 0 Å². The molecule has 4 aromatic rings. The van der Waals surface area contributed by atoms with E-state index in [1.807, 2.05) is 35.0 Å². The Morgan fingerprint density at radius 2 is 1.86 bits per heavy atom. The fourth-order valence-corrected chi connectivity index (χ4v) is 3.02. The van der Waals surface area contributed by atoms with Crippen LogP contribution >= 0.6 is 0 Å². The van der Waals surface area contributed by atoms with Gasteiger partial charge in [0.15, 0.2) is 0 Å². The van der Waals surface area contributed by atoms with Crippen LogP contribution in [0.4, 0.5) is 10.1 Å². The Bertz CT molecular complexity index is 1140. The molecular formula is C22H18FN5O. The molecule has 29 heavy (non-hydrogen) atoms. The molecule has 0 aliphatic rings. The Balaban J connectivity index is 1.47. The van der Waals surface area contributed by atoms with Gasteiger partial charge in [0.1, 0.15) is 5.82 Å². The van der Waals surface area contributed by atoms with E-state index in [0.29, 0.717) is 5.69 Å². The highest BCUT2D eigenvalue weighted by molar-refractivity contribution is 6.02. The molecule has 0 aliphatic heterocycles. The van der Waals surface area contributed by atoms with Crippen LogP contribution in [0.15, 0.2) is 79.5 Å². The van der Waals surface area contributed by atoms with Crippen molar-refractivity contribution in [2.24, 2.45) is 7.05 Å². The van der Waals surface area contributed by atoms with E-state index in [0.717, 1.165) is 22.5 Å². The molecule has 0 aliphatic carbocycles. The van der Waals surface area contributed by atoms with Crippen molar-refractivity contribution in [3.05, 3.63) is 90.9 Å². The lowest BCUT2D eigenvalue weighted by Crippen LogP contribution is -2.07. The third kappa shape index (κ3) is 4.14. The molecule has 4 rings (SSSR count). The topological polar surface area (TPSA) is 64.7 Å². The Morgan fingerprint density at radius 3 is 2.55 bits per heavy atom. The molecule has 0 unspecified atom stereocenters. The number of carbonyl (C=O) groups is 1. The van der Waals surface area contributed by atoms with Crippen LogP contribution in [-0.2, 0) is 11.8 Å². The van der Waals surface area contributed by atoms with Gasteiger partial charge < -0.3 is 9.88 Å². The first-order valence-electron chi connectivity index (χ1n) is 8.95. The highest BCUT2D eigenvalue weighted by Crippen LogP contribution is 2.24. The summed E-state index contributed by atoms with van der Waals surface area (Å²) >= 11 is 0. The second kappa shape index (κ2) is 7.93. The van der Waals surface area contributed by atoms with Gasteiger partial charge in [-0.15, -0.1) is 0 Å². The van der Waals surface area contributed by atoms with Gasteiger partial charge >= 0.3 is 0 Å². The first-order chi connectivity index (χ1) is 14.1. The number of benzene rings is 2. The van der Waals surface area contributed by atoms with Gasteiger partial charge in [-0.3, -0.25) is 9.48 Å². The van der Waals surface area contributed by atoms with E-state index in [2.05, 4.69) is 15.4 Å². The van der Waals surface area contributed by atoms with Crippen molar-refractivity contribution < 1.29 is 9.18 Å². The van der Waals surface area contributed by atoms with Gasteiger partial charge in [0.05, 0.1) is 18.2 Å². The van der Waals surface area contributed by atoms with Crippen molar-refractivity contribution in [3.63, 3.8) is 0 Å². The molecule has 2 aromatic carbocycles.